The molecule has 0 radical (unpaired) electrons. The standard InChI is InChI=1S/C12H20N2O3/c1-14(8-9-3-4-9)11(17)13-12(5-2-6-12)7-10(15)16/h9H,2-8H2,1H3,(H,13,17)(H,15,16). The Morgan fingerprint density at radius 3 is 2.47 bits per heavy atom. The molecule has 17 heavy (non-hydrogen) atoms. The van der Waals surface area contributed by atoms with Crippen LogP contribution >= 0.6 is 0 Å². The second-order valence-corrected chi connectivity index (χ2v) is 5.46. The molecule has 2 fully saturated rings. The van der Waals surface area contributed by atoms with E-state index in [4.69, 9.17) is 5.11 Å². The maximum absolute atomic E-state index is 11.9. The summed E-state index contributed by atoms with van der Waals surface area (Å²) in [6.07, 6.45) is 5.01. The molecule has 5 nitrogen and oxygen atoms in total. The van der Waals surface area contributed by atoms with Gasteiger partial charge in [-0.05, 0) is 38.0 Å². The fraction of sp³-hybridized carbons (Fsp3) is 0.833. The third-order valence-electron chi connectivity index (χ3n) is 3.75. The fourth-order valence-corrected chi connectivity index (χ4v) is 2.33. The Hall–Kier alpha value is -1.26. The average molecular weight is 240 g/mol. The summed E-state index contributed by atoms with van der Waals surface area (Å²) in [6.45, 7) is 0.787. The van der Waals surface area contributed by atoms with Gasteiger partial charge in [0.15, 0.2) is 0 Å². The van der Waals surface area contributed by atoms with Crippen molar-refractivity contribution >= 4 is 12.0 Å². The minimum absolute atomic E-state index is 0.0377. The highest BCUT2D eigenvalue weighted by Gasteiger charge is 2.41. The van der Waals surface area contributed by atoms with E-state index in [1.54, 1.807) is 11.9 Å². The second-order valence-electron chi connectivity index (χ2n) is 5.46. The van der Waals surface area contributed by atoms with Gasteiger partial charge in [-0.3, -0.25) is 4.79 Å². The number of carbonyl (C=O) groups is 2. The Morgan fingerprint density at radius 2 is 2.06 bits per heavy atom. The van der Waals surface area contributed by atoms with Crippen LogP contribution in [0.3, 0.4) is 0 Å². The first kappa shape index (κ1) is 12.2. The van der Waals surface area contributed by atoms with E-state index in [0.29, 0.717) is 5.92 Å². The van der Waals surface area contributed by atoms with Crippen LogP contribution in [0.25, 0.3) is 0 Å². The maximum atomic E-state index is 11.9. The molecule has 0 aromatic rings. The number of nitrogens with zero attached hydrogens (tertiary/aromatic N) is 1. The minimum Gasteiger partial charge on any atom is -0.481 e. The van der Waals surface area contributed by atoms with Crippen LogP contribution in [-0.2, 0) is 4.79 Å². The molecule has 0 saturated heterocycles. The third kappa shape index (κ3) is 3.11. The monoisotopic (exact) mass is 240 g/mol. The molecule has 0 bridgehead atoms. The normalized spacial score (nSPS) is 21.5. The summed E-state index contributed by atoms with van der Waals surface area (Å²) in [5.74, 6) is -0.183. The van der Waals surface area contributed by atoms with E-state index in [1.807, 2.05) is 0 Å². The zero-order valence-electron chi connectivity index (χ0n) is 10.2. The van der Waals surface area contributed by atoms with Gasteiger partial charge in [-0.2, -0.15) is 0 Å². The smallest absolute Gasteiger partial charge is 0.317 e. The zero-order chi connectivity index (χ0) is 12.5. The zero-order valence-corrected chi connectivity index (χ0v) is 10.2. The SMILES string of the molecule is CN(CC1CC1)C(=O)NC1(CC(=O)O)CCC1. The predicted molar refractivity (Wildman–Crippen MR) is 62.7 cm³/mol. The van der Waals surface area contributed by atoms with E-state index in [1.165, 1.54) is 12.8 Å². The molecule has 2 rings (SSSR count). The molecule has 2 amide bonds. The van der Waals surface area contributed by atoms with E-state index >= 15 is 0 Å². The minimum atomic E-state index is -0.838. The molecule has 0 aromatic heterocycles. The predicted octanol–water partition coefficient (Wildman–Crippen LogP) is 1.44. The summed E-state index contributed by atoms with van der Waals surface area (Å²) in [5.41, 5.74) is -0.485. The van der Waals surface area contributed by atoms with Crippen LogP contribution in [0, 0.1) is 5.92 Å². The molecule has 2 saturated carbocycles. The first-order valence-corrected chi connectivity index (χ1v) is 6.26. The molecule has 0 heterocycles. The summed E-state index contributed by atoms with van der Waals surface area (Å²) < 4.78 is 0. The third-order valence-corrected chi connectivity index (χ3v) is 3.75. The Bertz CT molecular complexity index is 322. The topological polar surface area (TPSA) is 69.6 Å². The van der Waals surface area contributed by atoms with Gasteiger partial charge in [-0.25, -0.2) is 4.79 Å². The van der Waals surface area contributed by atoms with Crippen molar-refractivity contribution in [3.8, 4) is 0 Å². The summed E-state index contributed by atoms with van der Waals surface area (Å²) in [5, 5.41) is 11.8. The quantitative estimate of drug-likeness (QED) is 0.764. The first-order chi connectivity index (χ1) is 8.01. The first-order valence-electron chi connectivity index (χ1n) is 6.26. The van der Waals surface area contributed by atoms with E-state index in [2.05, 4.69) is 5.32 Å². The molecule has 0 aliphatic heterocycles. The summed E-state index contributed by atoms with van der Waals surface area (Å²) in [7, 11) is 1.78. The summed E-state index contributed by atoms with van der Waals surface area (Å²) >= 11 is 0. The lowest BCUT2D eigenvalue weighted by Gasteiger charge is -2.42. The van der Waals surface area contributed by atoms with Gasteiger partial charge in [-0.15, -0.1) is 0 Å². The average Bonchev–Trinajstić information content (AvgIpc) is 2.97. The van der Waals surface area contributed by atoms with E-state index < -0.39 is 11.5 Å². The van der Waals surface area contributed by atoms with Crippen LogP contribution in [0.2, 0.25) is 0 Å². The number of hydrogen-bond donors (Lipinski definition) is 2. The van der Waals surface area contributed by atoms with Crippen molar-refractivity contribution in [3.05, 3.63) is 0 Å². The maximum Gasteiger partial charge on any atom is 0.317 e. The van der Waals surface area contributed by atoms with Crippen LogP contribution in [-0.4, -0.2) is 41.1 Å². The van der Waals surface area contributed by atoms with Crippen molar-refractivity contribution in [1.82, 2.24) is 10.2 Å². The van der Waals surface area contributed by atoms with Crippen LogP contribution in [0.15, 0.2) is 0 Å². The Morgan fingerprint density at radius 1 is 1.41 bits per heavy atom. The molecule has 96 valence electrons. The molecule has 2 N–H and O–H groups in total. The number of urea groups is 1. The number of hydrogen-bond acceptors (Lipinski definition) is 2. The van der Waals surface area contributed by atoms with Crippen LogP contribution in [0.5, 0.6) is 0 Å². The molecule has 0 unspecified atom stereocenters. The molecule has 0 aromatic carbocycles. The lowest BCUT2D eigenvalue weighted by atomic mass is 9.74. The number of carbonyl (C=O) groups excluding carboxylic acids is 1. The van der Waals surface area contributed by atoms with Crippen molar-refractivity contribution in [2.24, 2.45) is 5.92 Å². The van der Waals surface area contributed by atoms with E-state index in [0.717, 1.165) is 25.8 Å². The number of carboxylic acid groups (broad SMARTS) is 1. The molecule has 0 atom stereocenters. The lowest BCUT2D eigenvalue weighted by molar-refractivity contribution is -0.139. The molecule has 0 spiro atoms. The van der Waals surface area contributed by atoms with Crippen LogP contribution < -0.4 is 5.32 Å². The van der Waals surface area contributed by atoms with Gasteiger partial charge in [0.2, 0.25) is 0 Å². The fourth-order valence-electron chi connectivity index (χ4n) is 2.33. The van der Waals surface area contributed by atoms with Gasteiger partial charge in [0.05, 0.1) is 12.0 Å². The van der Waals surface area contributed by atoms with Gasteiger partial charge in [-0.1, -0.05) is 0 Å². The van der Waals surface area contributed by atoms with Gasteiger partial charge in [0, 0.05) is 13.6 Å². The molecule has 2 aliphatic rings. The van der Waals surface area contributed by atoms with E-state index in [9.17, 15) is 9.59 Å². The number of aliphatic carboxylic acids is 1. The number of carboxylic acids is 1. The Balaban J connectivity index is 1.84. The highest BCUT2D eigenvalue weighted by atomic mass is 16.4. The highest BCUT2D eigenvalue weighted by molar-refractivity contribution is 5.77. The van der Waals surface area contributed by atoms with Crippen LogP contribution in [0.4, 0.5) is 4.79 Å². The van der Waals surface area contributed by atoms with Gasteiger partial charge >= 0.3 is 12.0 Å². The van der Waals surface area contributed by atoms with Gasteiger partial charge in [0.25, 0.3) is 0 Å². The summed E-state index contributed by atoms with van der Waals surface area (Å²) in [4.78, 5) is 24.4. The van der Waals surface area contributed by atoms with E-state index in [-0.39, 0.29) is 12.5 Å². The van der Waals surface area contributed by atoms with Crippen molar-refractivity contribution in [1.29, 1.82) is 0 Å². The number of rotatable bonds is 5. The lowest BCUT2D eigenvalue weighted by Crippen LogP contribution is -2.57. The van der Waals surface area contributed by atoms with Crippen molar-refractivity contribution in [2.45, 2.75) is 44.1 Å². The largest absolute Gasteiger partial charge is 0.481 e. The van der Waals surface area contributed by atoms with Gasteiger partial charge in [0.1, 0.15) is 0 Å². The van der Waals surface area contributed by atoms with Crippen molar-refractivity contribution in [2.75, 3.05) is 13.6 Å². The van der Waals surface area contributed by atoms with Crippen molar-refractivity contribution in [3.63, 3.8) is 0 Å². The van der Waals surface area contributed by atoms with Crippen LogP contribution in [0.1, 0.15) is 38.5 Å². The summed E-state index contributed by atoms with van der Waals surface area (Å²) in [6, 6.07) is -0.127. The highest BCUT2D eigenvalue weighted by Crippen LogP contribution is 2.35. The molecule has 2 aliphatic carbocycles. The molecular formula is C12H20N2O3. The Kier molecular flexibility index (Phi) is 3.26. The second kappa shape index (κ2) is 4.55. The van der Waals surface area contributed by atoms with Crippen molar-refractivity contribution < 1.29 is 14.7 Å². The Labute approximate surface area is 101 Å². The molecule has 5 heteroatoms. The number of nitrogens with one attached hydrogen (secondary N) is 1. The number of amides is 2. The van der Waals surface area contributed by atoms with Gasteiger partial charge < -0.3 is 15.3 Å². The molecular weight excluding hydrogens is 220 g/mol.